The Hall–Kier alpha value is -0.950. The number of rotatable bonds is 20. The molecule has 3 N–H and O–H groups in total. The summed E-state index contributed by atoms with van der Waals surface area (Å²) in [6.45, 7) is 2.02. The molecule has 1 unspecified atom stereocenters. The molecular weight excluding hydrogens is 408 g/mol. The zero-order valence-corrected chi connectivity index (χ0v) is 20.3. The number of unbranched alkanes of at least 4 members (excludes halogenated alkanes) is 13. The smallest absolute Gasteiger partial charge is 0.305 e. The van der Waals surface area contributed by atoms with Crippen LogP contribution in [0.15, 0.2) is 12.2 Å². The van der Waals surface area contributed by atoms with Gasteiger partial charge in [-0.05, 0) is 32.1 Å². The second-order valence-corrected chi connectivity index (χ2v) is 9.15. The number of allylic oxidation sites excluding steroid dienone is 2. The average molecular weight is 457 g/mol. The summed E-state index contributed by atoms with van der Waals surface area (Å²) < 4.78 is 10.2. The van der Waals surface area contributed by atoms with E-state index in [0.29, 0.717) is 6.42 Å². The standard InChI is InChI=1S/C26H48O6/c1-2-3-4-5-6-7-8-9-10-11-12-13-14-15-16-17-18-19-24(29)31-21-23(28)26-25(30)22(27)20-32-26/h11-12,22-23,25-28,30H,2-10,13-21H2,1H3/b12-11+/t22?,23-,25-,26-/m1/s1. The predicted octanol–water partition coefficient (Wildman–Crippen LogP) is 4.83. The van der Waals surface area contributed by atoms with Crippen LogP contribution >= 0.6 is 0 Å². The van der Waals surface area contributed by atoms with Crippen molar-refractivity contribution in [2.45, 2.75) is 134 Å². The van der Waals surface area contributed by atoms with Crippen molar-refractivity contribution < 1.29 is 29.6 Å². The van der Waals surface area contributed by atoms with E-state index < -0.39 is 24.4 Å². The molecule has 0 aromatic heterocycles. The fourth-order valence-corrected chi connectivity index (χ4v) is 4.00. The number of esters is 1. The van der Waals surface area contributed by atoms with Gasteiger partial charge in [-0.1, -0.05) is 83.3 Å². The lowest BCUT2D eigenvalue weighted by Gasteiger charge is -2.20. The summed E-state index contributed by atoms with van der Waals surface area (Å²) in [6.07, 6.45) is 19.4. The van der Waals surface area contributed by atoms with E-state index in [4.69, 9.17) is 9.47 Å². The molecule has 0 aromatic carbocycles. The topological polar surface area (TPSA) is 96.2 Å². The molecule has 0 aliphatic carbocycles. The van der Waals surface area contributed by atoms with E-state index in [-0.39, 0.29) is 19.2 Å². The highest BCUT2D eigenvalue weighted by Crippen LogP contribution is 2.18. The summed E-state index contributed by atoms with van der Waals surface area (Å²) in [5.74, 6) is -0.346. The normalized spacial score (nSPS) is 21.9. The molecule has 0 amide bonds. The molecule has 4 atom stereocenters. The van der Waals surface area contributed by atoms with E-state index in [1.165, 1.54) is 70.6 Å². The number of hydrogen-bond acceptors (Lipinski definition) is 6. The lowest BCUT2D eigenvalue weighted by atomic mass is 10.1. The summed E-state index contributed by atoms with van der Waals surface area (Å²) in [6, 6.07) is 0. The van der Waals surface area contributed by atoms with Gasteiger partial charge in [0.25, 0.3) is 0 Å². The number of ether oxygens (including phenoxy) is 2. The van der Waals surface area contributed by atoms with Gasteiger partial charge >= 0.3 is 5.97 Å². The van der Waals surface area contributed by atoms with E-state index in [1.54, 1.807) is 0 Å². The third-order valence-electron chi connectivity index (χ3n) is 6.13. The number of hydrogen-bond donors (Lipinski definition) is 3. The summed E-state index contributed by atoms with van der Waals surface area (Å²) in [5, 5.41) is 29.0. The summed E-state index contributed by atoms with van der Waals surface area (Å²) in [7, 11) is 0. The molecule has 6 nitrogen and oxygen atoms in total. The first-order valence-electron chi connectivity index (χ1n) is 13.0. The van der Waals surface area contributed by atoms with Crippen LogP contribution in [0.25, 0.3) is 0 Å². The Morgan fingerprint density at radius 2 is 1.44 bits per heavy atom. The number of aliphatic hydroxyl groups excluding tert-OH is 3. The van der Waals surface area contributed by atoms with Gasteiger partial charge in [-0.2, -0.15) is 0 Å². The van der Waals surface area contributed by atoms with Crippen molar-refractivity contribution in [2.75, 3.05) is 13.2 Å². The zero-order chi connectivity index (χ0) is 23.4. The lowest BCUT2D eigenvalue weighted by Crippen LogP contribution is -2.41. The Labute approximate surface area is 195 Å². The summed E-state index contributed by atoms with van der Waals surface area (Å²) in [5.41, 5.74) is 0. The minimum absolute atomic E-state index is 0.0219. The van der Waals surface area contributed by atoms with Crippen molar-refractivity contribution in [1.29, 1.82) is 0 Å². The van der Waals surface area contributed by atoms with Crippen LogP contribution in [0.4, 0.5) is 0 Å². The minimum Gasteiger partial charge on any atom is -0.463 e. The van der Waals surface area contributed by atoms with Crippen LogP contribution in [0.1, 0.15) is 110 Å². The van der Waals surface area contributed by atoms with Crippen molar-refractivity contribution in [1.82, 2.24) is 0 Å². The van der Waals surface area contributed by atoms with Crippen LogP contribution in [0.5, 0.6) is 0 Å². The highest BCUT2D eigenvalue weighted by Gasteiger charge is 2.39. The van der Waals surface area contributed by atoms with Gasteiger partial charge in [0.2, 0.25) is 0 Å². The molecule has 1 heterocycles. The van der Waals surface area contributed by atoms with Crippen LogP contribution in [-0.2, 0) is 14.3 Å². The maximum atomic E-state index is 11.8. The first-order valence-corrected chi connectivity index (χ1v) is 13.0. The molecule has 0 aromatic rings. The molecule has 1 aliphatic rings. The largest absolute Gasteiger partial charge is 0.463 e. The Morgan fingerprint density at radius 1 is 0.906 bits per heavy atom. The quantitative estimate of drug-likeness (QED) is 0.138. The van der Waals surface area contributed by atoms with Crippen molar-refractivity contribution in [2.24, 2.45) is 0 Å². The van der Waals surface area contributed by atoms with E-state index in [2.05, 4.69) is 19.1 Å². The van der Waals surface area contributed by atoms with Gasteiger partial charge in [0.1, 0.15) is 31.0 Å². The van der Waals surface area contributed by atoms with E-state index >= 15 is 0 Å². The van der Waals surface area contributed by atoms with Gasteiger partial charge in [0.05, 0.1) is 6.61 Å². The monoisotopic (exact) mass is 456 g/mol. The van der Waals surface area contributed by atoms with Gasteiger partial charge in [-0.15, -0.1) is 0 Å². The van der Waals surface area contributed by atoms with Crippen LogP contribution in [0, 0.1) is 0 Å². The summed E-state index contributed by atoms with van der Waals surface area (Å²) >= 11 is 0. The Morgan fingerprint density at radius 3 is 1.97 bits per heavy atom. The van der Waals surface area contributed by atoms with Gasteiger partial charge in [0.15, 0.2) is 0 Å². The molecule has 1 saturated heterocycles. The third kappa shape index (κ3) is 14.2. The van der Waals surface area contributed by atoms with Crippen molar-refractivity contribution >= 4 is 5.97 Å². The minimum atomic E-state index is -1.15. The maximum absolute atomic E-state index is 11.8. The fraction of sp³-hybridized carbons (Fsp3) is 0.885. The average Bonchev–Trinajstić information content (AvgIpc) is 3.12. The molecular formula is C26H48O6. The van der Waals surface area contributed by atoms with E-state index in [9.17, 15) is 20.1 Å². The fourth-order valence-electron chi connectivity index (χ4n) is 4.00. The molecule has 188 valence electrons. The molecule has 0 bridgehead atoms. The van der Waals surface area contributed by atoms with Gasteiger partial charge < -0.3 is 24.8 Å². The van der Waals surface area contributed by atoms with Crippen LogP contribution in [0.2, 0.25) is 0 Å². The van der Waals surface area contributed by atoms with Crippen molar-refractivity contribution in [3.05, 3.63) is 12.2 Å². The number of aliphatic hydroxyl groups is 3. The highest BCUT2D eigenvalue weighted by molar-refractivity contribution is 5.69. The van der Waals surface area contributed by atoms with Crippen LogP contribution < -0.4 is 0 Å². The van der Waals surface area contributed by atoms with Crippen LogP contribution in [-0.4, -0.2) is 58.9 Å². The van der Waals surface area contributed by atoms with Crippen molar-refractivity contribution in [3.8, 4) is 0 Å². The van der Waals surface area contributed by atoms with Gasteiger partial charge in [0, 0.05) is 6.42 Å². The van der Waals surface area contributed by atoms with E-state index in [1.807, 2.05) is 0 Å². The molecule has 0 saturated carbocycles. The Kier molecular flexibility index (Phi) is 17.7. The Bertz CT molecular complexity index is 481. The molecule has 0 radical (unpaired) electrons. The second kappa shape index (κ2) is 19.5. The first-order chi connectivity index (χ1) is 15.6. The number of carbonyl (C=O) groups is 1. The molecule has 32 heavy (non-hydrogen) atoms. The predicted molar refractivity (Wildman–Crippen MR) is 127 cm³/mol. The van der Waals surface area contributed by atoms with Crippen molar-refractivity contribution in [3.63, 3.8) is 0 Å². The van der Waals surface area contributed by atoms with E-state index in [0.717, 1.165) is 25.7 Å². The zero-order valence-electron chi connectivity index (χ0n) is 20.3. The summed E-state index contributed by atoms with van der Waals surface area (Å²) in [4.78, 5) is 11.8. The molecule has 1 rings (SSSR count). The molecule has 0 spiro atoms. The molecule has 1 fully saturated rings. The van der Waals surface area contributed by atoms with Crippen LogP contribution in [0.3, 0.4) is 0 Å². The number of carbonyl (C=O) groups excluding carboxylic acids is 1. The highest BCUT2D eigenvalue weighted by atomic mass is 16.6. The lowest BCUT2D eigenvalue weighted by molar-refractivity contribution is -0.151. The van der Waals surface area contributed by atoms with Gasteiger partial charge in [-0.25, -0.2) is 0 Å². The first kappa shape index (κ1) is 29.1. The second-order valence-electron chi connectivity index (χ2n) is 9.15. The van der Waals surface area contributed by atoms with Gasteiger partial charge in [-0.3, -0.25) is 4.79 Å². The maximum Gasteiger partial charge on any atom is 0.305 e. The molecule has 1 aliphatic heterocycles. The SMILES string of the molecule is CCCCCCCCCC/C=C/CCCCCCCC(=O)OC[C@@H](O)[C@H]1OCC(O)[C@H]1O. The Balaban J connectivity index is 1.84. The third-order valence-corrected chi connectivity index (χ3v) is 6.13. The molecule has 6 heteroatoms.